The largest absolute Gasteiger partial charge is 0.493 e. The van der Waals surface area contributed by atoms with E-state index in [1.807, 2.05) is 39.2 Å². The molecule has 0 aliphatic rings. The van der Waals surface area contributed by atoms with Crippen molar-refractivity contribution in [2.75, 3.05) is 27.2 Å². The molecule has 0 spiro atoms. The highest BCUT2D eigenvalue weighted by molar-refractivity contribution is 5.94. The highest BCUT2D eigenvalue weighted by atomic mass is 16.5. The van der Waals surface area contributed by atoms with Gasteiger partial charge in [-0.15, -0.1) is 0 Å². The Morgan fingerprint density at radius 2 is 2.06 bits per heavy atom. The van der Waals surface area contributed by atoms with E-state index in [0.29, 0.717) is 6.61 Å². The van der Waals surface area contributed by atoms with Crippen molar-refractivity contribution in [2.24, 2.45) is 0 Å². The number of hydrogen-bond acceptors (Lipinski definition) is 3. The maximum Gasteiger partial charge on any atom is 0.159 e. The van der Waals surface area contributed by atoms with Crippen molar-refractivity contribution in [2.45, 2.75) is 20.3 Å². The van der Waals surface area contributed by atoms with E-state index in [-0.39, 0.29) is 5.78 Å². The highest BCUT2D eigenvalue weighted by Gasteiger charge is 2.04. The molecule has 0 aromatic heterocycles. The van der Waals surface area contributed by atoms with Gasteiger partial charge in [-0.2, -0.15) is 0 Å². The van der Waals surface area contributed by atoms with Gasteiger partial charge in [0.25, 0.3) is 0 Å². The molecule has 0 radical (unpaired) electrons. The molecule has 3 nitrogen and oxygen atoms in total. The Kier molecular flexibility index (Phi) is 5.16. The van der Waals surface area contributed by atoms with Gasteiger partial charge >= 0.3 is 0 Å². The molecule has 3 heteroatoms. The van der Waals surface area contributed by atoms with E-state index in [4.69, 9.17) is 4.74 Å². The van der Waals surface area contributed by atoms with E-state index in [2.05, 4.69) is 4.90 Å². The molecule has 0 unspecified atom stereocenters. The fourth-order valence-electron chi connectivity index (χ4n) is 1.59. The number of hydrogen-bond donors (Lipinski definition) is 0. The number of ether oxygens (including phenoxy) is 1. The Balaban J connectivity index is 2.52. The SMILES string of the molecule is CC(=O)c1ccc(OCCCN(C)C)c(C)c1. The summed E-state index contributed by atoms with van der Waals surface area (Å²) >= 11 is 0. The van der Waals surface area contributed by atoms with Gasteiger partial charge in [-0.3, -0.25) is 4.79 Å². The van der Waals surface area contributed by atoms with E-state index >= 15 is 0 Å². The number of carbonyl (C=O) groups is 1. The van der Waals surface area contributed by atoms with Crippen LogP contribution in [0.15, 0.2) is 18.2 Å². The quantitative estimate of drug-likeness (QED) is 0.560. The van der Waals surface area contributed by atoms with Crippen molar-refractivity contribution < 1.29 is 9.53 Å². The van der Waals surface area contributed by atoms with Crippen LogP contribution in [0.1, 0.15) is 29.3 Å². The Bertz CT molecular complexity index is 386. The number of Topliss-reactive ketones (excluding diaryl/α,β-unsaturated/α-hetero) is 1. The number of carbonyl (C=O) groups excluding carboxylic acids is 1. The Labute approximate surface area is 103 Å². The minimum atomic E-state index is 0.0901. The van der Waals surface area contributed by atoms with Crippen LogP contribution in [0.25, 0.3) is 0 Å². The van der Waals surface area contributed by atoms with Crippen LogP contribution >= 0.6 is 0 Å². The standard InChI is InChI=1S/C14H21NO2/c1-11-10-13(12(2)16)6-7-14(11)17-9-5-8-15(3)4/h6-7,10H,5,8-9H2,1-4H3. The third kappa shape index (κ3) is 4.57. The first-order valence-corrected chi connectivity index (χ1v) is 5.90. The van der Waals surface area contributed by atoms with Gasteiger partial charge in [-0.25, -0.2) is 0 Å². The molecule has 0 N–H and O–H groups in total. The molecule has 0 atom stereocenters. The molecule has 0 bridgehead atoms. The zero-order chi connectivity index (χ0) is 12.8. The van der Waals surface area contributed by atoms with E-state index in [9.17, 15) is 4.79 Å². The van der Waals surface area contributed by atoms with Gasteiger partial charge in [-0.05, 0) is 58.1 Å². The fourth-order valence-corrected chi connectivity index (χ4v) is 1.59. The van der Waals surface area contributed by atoms with Gasteiger partial charge in [0.05, 0.1) is 6.61 Å². The molecule has 1 aromatic rings. The van der Waals surface area contributed by atoms with Crippen molar-refractivity contribution in [1.29, 1.82) is 0 Å². The first-order chi connectivity index (χ1) is 8.00. The lowest BCUT2D eigenvalue weighted by Crippen LogP contribution is -2.15. The second-order valence-electron chi connectivity index (χ2n) is 4.54. The fraction of sp³-hybridized carbons (Fsp3) is 0.500. The van der Waals surface area contributed by atoms with Crippen molar-refractivity contribution in [3.05, 3.63) is 29.3 Å². The van der Waals surface area contributed by atoms with Crippen molar-refractivity contribution >= 4 is 5.78 Å². The average molecular weight is 235 g/mol. The topological polar surface area (TPSA) is 29.5 Å². The number of ketones is 1. The smallest absolute Gasteiger partial charge is 0.159 e. The van der Waals surface area contributed by atoms with Gasteiger partial charge in [0.1, 0.15) is 5.75 Å². The maximum absolute atomic E-state index is 11.2. The van der Waals surface area contributed by atoms with E-state index in [1.165, 1.54) is 0 Å². The Morgan fingerprint density at radius 3 is 2.59 bits per heavy atom. The first-order valence-electron chi connectivity index (χ1n) is 5.90. The molecular weight excluding hydrogens is 214 g/mol. The van der Waals surface area contributed by atoms with Gasteiger partial charge in [-0.1, -0.05) is 0 Å². The normalized spacial score (nSPS) is 10.6. The number of rotatable bonds is 6. The highest BCUT2D eigenvalue weighted by Crippen LogP contribution is 2.19. The van der Waals surface area contributed by atoms with Crippen LogP contribution in [0.2, 0.25) is 0 Å². The van der Waals surface area contributed by atoms with Crippen molar-refractivity contribution in [3.63, 3.8) is 0 Å². The number of aryl methyl sites for hydroxylation is 1. The van der Waals surface area contributed by atoms with E-state index in [1.54, 1.807) is 6.92 Å². The monoisotopic (exact) mass is 235 g/mol. The van der Waals surface area contributed by atoms with Crippen molar-refractivity contribution in [1.82, 2.24) is 4.90 Å². The first kappa shape index (κ1) is 13.7. The second-order valence-corrected chi connectivity index (χ2v) is 4.54. The molecule has 0 saturated carbocycles. The predicted molar refractivity (Wildman–Crippen MR) is 69.8 cm³/mol. The summed E-state index contributed by atoms with van der Waals surface area (Å²) in [5.41, 5.74) is 1.76. The predicted octanol–water partition coefficient (Wildman–Crippen LogP) is 2.53. The molecular formula is C14H21NO2. The van der Waals surface area contributed by atoms with Crippen LogP contribution in [0.4, 0.5) is 0 Å². The lowest BCUT2D eigenvalue weighted by molar-refractivity contribution is 0.101. The van der Waals surface area contributed by atoms with Crippen LogP contribution in [-0.4, -0.2) is 37.9 Å². The zero-order valence-electron chi connectivity index (χ0n) is 11.1. The molecule has 1 aromatic carbocycles. The van der Waals surface area contributed by atoms with Crippen molar-refractivity contribution in [3.8, 4) is 5.75 Å². The van der Waals surface area contributed by atoms with Crippen LogP contribution in [-0.2, 0) is 0 Å². The minimum absolute atomic E-state index is 0.0901. The van der Waals surface area contributed by atoms with Crippen LogP contribution in [0.3, 0.4) is 0 Å². The average Bonchev–Trinajstić information content (AvgIpc) is 2.25. The lowest BCUT2D eigenvalue weighted by atomic mass is 10.1. The molecule has 0 amide bonds. The van der Waals surface area contributed by atoms with E-state index in [0.717, 1.165) is 29.8 Å². The molecule has 1 rings (SSSR count). The summed E-state index contributed by atoms with van der Waals surface area (Å²) in [6, 6.07) is 5.57. The Morgan fingerprint density at radius 1 is 1.35 bits per heavy atom. The number of nitrogens with zero attached hydrogens (tertiary/aromatic N) is 1. The molecule has 0 aliphatic carbocycles. The second kappa shape index (κ2) is 6.40. The van der Waals surface area contributed by atoms with Crippen LogP contribution in [0.5, 0.6) is 5.75 Å². The summed E-state index contributed by atoms with van der Waals surface area (Å²) in [7, 11) is 4.10. The minimum Gasteiger partial charge on any atom is -0.493 e. The van der Waals surface area contributed by atoms with Gasteiger partial charge in [0, 0.05) is 12.1 Å². The molecule has 0 aliphatic heterocycles. The third-order valence-corrected chi connectivity index (χ3v) is 2.59. The molecule has 17 heavy (non-hydrogen) atoms. The van der Waals surface area contributed by atoms with Gasteiger partial charge < -0.3 is 9.64 Å². The van der Waals surface area contributed by atoms with Crippen LogP contribution in [0, 0.1) is 6.92 Å². The zero-order valence-corrected chi connectivity index (χ0v) is 11.1. The van der Waals surface area contributed by atoms with Gasteiger partial charge in [0.15, 0.2) is 5.78 Å². The van der Waals surface area contributed by atoms with Crippen LogP contribution < -0.4 is 4.74 Å². The summed E-state index contributed by atoms with van der Waals surface area (Å²) in [5, 5.41) is 0. The summed E-state index contributed by atoms with van der Waals surface area (Å²) in [6.45, 7) is 5.27. The van der Waals surface area contributed by atoms with E-state index < -0.39 is 0 Å². The molecule has 94 valence electrons. The Hall–Kier alpha value is -1.35. The molecule has 0 fully saturated rings. The maximum atomic E-state index is 11.2. The summed E-state index contributed by atoms with van der Waals surface area (Å²) in [5.74, 6) is 0.959. The summed E-state index contributed by atoms with van der Waals surface area (Å²) in [4.78, 5) is 13.3. The number of benzene rings is 1. The molecule has 0 heterocycles. The summed E-state index contributed by atoms with van der Waals surface area (Å²) < 4.78 is 5.68. The lowest BCUT2D eigenvalue weighted by Gasteiger charge is -2.12. The third-order valence-electron chi connectivity index (χ3n) is 2.59. The van der Waals surface area contributed by atoms with Gasteiger partial charge in [0.2, 0.25) is 0 Å². The molecule has 0 saturated heterocycles. The summed E-state index contributed by atoms with van der Waals surface area (Å²) in [6.07, 6.45) is 1.00.